The van der Waals surface area contributed by atoms with Crippen molar-refractivity contribution in [2.45, 2.75) is 129 Å². The number of rotatable bonds is 22. The van der Waals surface area contributed by atoms with Crippen molar-refractivity contribution in [1.82, 2.24) is 10.6 Å². The van der Waals surface area contributed by atoms with Crippen molar-refractivity contribution >= 4 is 29.5 Å². The van der Waals surface area contributed by atoms with E-state index in [9.17, 15) is 50.3 Å². The van der Waals surface area contributed by atoms with E-state index in [1.54, 1.807) is 13.8 Å². The van der Waals surface area contributed by atoms with Crippen molar-refractivity contribution in [2.75, 3.05) is 6.61 Å². The molecule has 3 N–H and O–H groups in total. The summed E-state index contributed by atoms with van der Waals surface area (Å²) in [7, 11) is 0. The van der Waals surface area contributed by atoms with Crippen LogP contribution < -0.4 is 10.6 Å². The summed E-state index contributed by atoms with van der Waals surface area (Å²) in [5, 5.41) is 14.0. The van der Waals surface area contributed by atoms with Gasteiger partial charge in [0.2, 0.25) is 11.8 Å². The second kappa shape index (κ2) is 20.7. The lowest BCUT2D eigenvalue weighted by molar-refractivity contribution is -0.144. The highest BCUT2D eigenvalue weighted by Crippen LogP contribution is 2.39. The van der Waals surface area contributed by atoms with Gasteiger partial charge in [-0.1, -0.05) is 78.2 Å². The zero-order chi connectivity index (χ0) is 36.5. The molecular weight excluding hydrogens is 650 g/mol. The molecule has 9 nitrogen and oxygen atoms in total. The first-order valence-electron chi connectivity index (χ1n) is 16.2. The molecule has 2 atom stereocenters. The van der Waals surface area contributed by atoms with Crippen molar-refractivity contribution in [3.8, 4) is 0 Å². The number of ketones is 1. The minimum absolute atomic E-state index is 0.0763. The first-order valence-corrected chi connectivity index (χ1v) is 16.2. The number of Topliss-reactive ketones (excluding diaryl/α,β-unsaturated/α-hetero) is 1. The van der Waals surface area contributed by atoms with Gasteiger partial charge in [0, 0.05) is 12.8 Å². The van der Waals surface area contributed by atoms with Crippen LogP contribution in [-0.4, -0.2) is 53.3 Å². The molecule has 1 aromatic rings. The number of ether oxygens (including phenoxy) is 1. The fourth-order valence-corrected chi connectivity index (χ4v) is 4.97. The average molecular weight is 697 g/mol. The van der Waals surface area contributed by atoms with Gasteiger partial charge in [-0.25, -0.2) is 4.79 Å². The highest BCUT2D eigenvalue weighted by Gasteiger charge is 2.43. The number of carbonyl (C=O) groups is 5. The van der Waals surface area contributed by atoms with E-state index in [0.717, 1.165) is 38.5 Å². The monoisotopic (exact) mass is 696 g/mol. The van der Waals surface area contributed by atoms with E-state index in [0.29, 0.717) is 12.5 Å². The fraction of sp³-hybridized carbons (Fsp3) is 0.667. The molecule has 0 saturated carbocycles. The predicted molar refractivity (Wildman–Crippen MR) is 164 cm³/mol. The predicted octanol–water partition coefficient (Wildman–Crippen LogP) is 7.25. The van der Waals surface area contributed by atoms with Gasteiger partial charge >= 0.3 is 24.3 Å². The van der Waals surface area contributed by atoms with Crippen molar-refractivity contribution < 1.29 is 60.2 Å². The highest BCUT2D eigenvalue weighted by atomic mass is 19.4. The van der Waals surface area contributed by atoms with E-state index in [1.807, 2.05) is 0 Å². The van der Waals surface area contributed by atoms with E-state index in [4.69, 9.17) is 5.11 Å². The second-order valence-electron chi connectivity index (χ2n) is 12.1. The Morgan fingerprint density at radius 3 is 1.77 bits per heavy atom. The van der Waals surface area contributed by atoms with E-state index < -0.39 is 83.7 Å². The Morgan fingerprint density at radius 1 is 0.771 bits per heavy atom. The zero-order valence-corrected chi connectivity index (χ0v) is 27.5. The number of esters is 1. The highest BCUT2D eigenvalue weighted by molar-refractivity contribution is 5.97. The molecule has 1 rings (SSSR count). The molecule has 0 aliphatic heterocycles. The van der Waals surface area contributed by atoms with Crippen LogP contribution in [0.25, 0.3) is 0 Å². The summed E-state index contributed by atoms with van der Waals surface area (Å²) in [5.41, 5.74) is -5.61. The third-order valence-corrected chi connectivity index (χ3v) is 7.44. The number of hydrogen-bond acceptors (Lipinski definition) is 6. The molecule has 48 heavy (non-hydrogen) atoms. The van der Waals surface area contributed by atoms with Crippen LogP contribution in [0, 0.1) is 5.92 Å². The van der Waals surface area contributed by atoms with Crippen LogP contribution in [0.4, 0.5) is 26.3 Å². The molecule has 0 unspecified atom stereocenters. The van der Waals surface area contributed by atoms with Crippen molar-refractivity contribution in [2.24, 2.45) is 5.92 Å². The van der Waals surface area contributed by atoms with E-state index in [1.165, 1.54) is 12.8 Å². The van der Waals surface area contributed by atoms with Crippen molar-refractivity contribution in [3.63, 3.8) is 0 Å². The number of carbonyl (C=O) groups excluding carboxylic acids is 4. The van der Waals surface area contributed by atoms with Gasteiger partial charge < -0.3 is 20.5 Å². The maximum absolute atomic E-state index is 13.5. The lowest BCUT2D eigenvalue weighted by Crippen LogP contribution is -2.52. The minimum atomic E-state index is -5.35. The van der Waals surface area contributed by atoms with Crippen LogP contribution in [0.3, 0.4) is 0 Å². The Balaban J connectivity index is 2.95. The lowest BCUT2D eigenvalue weighted by Gasteiger charge is -2.24. The molecule has 0 spiro atoms. The summed E-state index contributed by atoms with van der Waals surface area (Å²) in [6.45, 7) is 4.18. The summed E-state index contributed by atoms with van der Waals surface area (Å²) in [4.78, 5) is 62.5. The van der Waals surface area contributed by atoms with E-state index >= 15 is 0 Å². The third kappa shape index (κ3) is 16.0. The zero-order valence-electron chi connectivity index (χ0n) is 27.5. The smallest absolute Gasteiger partial charge is 0.417 e. The number of alkyl halides is 6. The molecule has 0 bridgehead atoms. The Labute approximate surface area is 276 Å². The number of benzene rings is 1. The summed E-state index contributed by atoms with van der Waals surface area (Å²) in [5.74, 6) is -6.05. The Kier molecular flexibility index (Phi) is 18.2. The maximum Gasteiger partial charge on any atom is 0.417 e. The summed E-state index contributed by atoms with van der Waals surface area (Å²) in [6.07, 6.45) is -2.42. The molecule has 272 valence electrons. The SMILES string of the molecule is CCCCCCCCCCCC(=O)N[C@@H](CCC(=O)O)C(=O)N[C@@H](CC(C)C)C(=O)COC(=O)c1c(C(F)(F)F)cccc1C(F)(F)F. The summed E-state index contributed by atoms with van der Waals surface area (Å²) < 4.78 is 85.5. The van der Waals surface area contributed by atoms with Crippen LogP contribution in [0.1, 0.15) is 126 Å². The molecule has 0 heterocycles. The summed E-state index contributed by atoms with van der Waals surface area (Å²) in [6, 6.07) is -1.75. The normalized spacial score (nSPS) is 13.1. The number of hydrogen-bond donors (Lipinski definition) is 3. The lowest BCUT2D eigenvalue weighted by atomic mass is 9.99. The molecule has 0 aromatic heterocycles. The van der Waals surface area contributed by atoms with Gasteiger partial charge in [-0.2, -0.15) is 26.3 Å². The topological polar surface area (TPSA) is 139 Å². The number of aliphatic carboxylic acids is 1. The molecule has 0 saturated heterocycles. The summed E-state index contributed by atoms with van der Waals surface area (Å²) >= 11 is 0. The largest absolute Gasteiger partial charge is 0.481 e. The first-order chi connectivity index (χ1) is 22.4. The molecule has 0 aliphatic rings. The number of unbranched alkanes of at least 4 members (excludes halogenated alkanes) is 8. The molecule has 0 fully saturated rings. The van der Waals surface area contributed by atoms with E-state index in [2.05, 4.69) is 22.3 Å². The number of amides is 2. The van der Waals surface area contributed by atoms with Gasteiger partial charge in [0.1, 0.15) is 6.04 Å². The average Bonchev–Trinajstić information content (AvgIpc) is 2.98. The van der Waals surface area contributed by atoms with Gasteiger partial charge in [-0.15, -0.1) is 0 Å². The second-order valence-corrected chi connectivity index (χ2v) is 12.1. The Bertz CT molecular complexity index is 1190. The number of nitrogens with one attached hydrogen (secondary N) is 2. The quantitative estimate of drug-likeness (QED) is 0.0660. The Hall–Kier alpha value is -3.65. The van der Waals surface area contributed by atoms with Crippen molar-refractivity contribution in [1.29, 1.82) is 0 Å². The molecule has 0 aliphatic carbocycles. The van der Waals surface area contributed by atoms with E-state index in [-0.39, 0.29) is 37.3 Å². The van der Waals surface area contributed by atoms with Crippen LogP contribution in [0.2, 0.25) is 0 Å². The van der Waals surface area contributed by atoms with Gasteiger partial charge in [-0.05, 0) is 37.3 Å². The fourth-order valence-electron chi connectivity index (χ4n) is 4.97. The van der Waals surface area contributed by atoms with Gasteiger partial charge in [0.15, 0.2) is 12.4 Å². The molecule has 15 heteroatoms. The van der Waals surface area contributed by atoms with Crippen LogP contribution in [-0.2, 0) is 36.3 Å². The number of carboxylic acid groups (broad SMARTS) is 1. The number of carboxylic acids is 1. The van der Waals surface area contributed by atoms with Crippen LogP contribution in [0.15, 0.2) is 18.2 Å². The van der Waals surface area contributed by atoms with Gasteiger partial charge in [0.25, 0.3) is 0 Å². The van der Waals surface area contributed by atoms with Gasteiger partial charge in [-0.3, -0.25) is 19.2 Å². The molecule has 0 radical (unpaired) electrons. The van der Waals surface area contributed by atoms with Crippen LogP contribution >= 0.6 is 0 Å². The first kappa shape index (κ1) is 42.4. The standard InChI is InChI=1S/C33H46F6N2O7/c1-4-5-6-7-8-9-10-11-12-16-27(43)40-24(17-18-28(44)45)30(46)41-25(19-21(2)3)26(42)20-48-31(47)29-22(32(34,35)36)14-13-15-23(29)33(37,38)39/h13-15,21,24-25H,4-12,16-20H2,1-3H3,(H,40,43)(H,41,46)(H,44,45)/t24-,25-/m0/s1. The molecular formula is C33H46F6N2O7. The molecule has 2 amide bonds. The minimum Gasteiger partial charge on any atom is -0.481 e. The number of halogens is 6. The van der Waals surface area contributed by atoms with Gasteiger partial charge in [0.05, 0.1) is 22.7 Å². The third-order valence-electron chi connectivity index (χ3n) is 7.44. The maximum atomic E-state index is 13.5. The molecule has 1 aromatic carbocycles. The Morgan fingerprint density at radius 2 is 1.29 bits per heavy atom. The van der Waals surface area contributed by atoms with Crippen LogP contribution in [0.5, 0.6) is 0 Å². The van der Waals surface area contributed by atoms with Crippen molar-refractivity contribution in [3.05, 3.63) is 34.9 Å².